The Morgan fingerprint density at radius 2 is 2.16 bits per heavy atom. The van der Waals surface area contributed by atoms with Crippen LogP contribution in [0.25, 0.3) is 0 Å². The van der Waals surface area contributed by atoms with Crippen LogP contribution in [0.4, 0.5) is 0 Å². The predicted octanol–water partition coefficient (Wildman–Crippen LogP) is 1.58. The first-order valence-electron chi connectivity index (χ1n) is 5.98. The van der Waals surface area contributed by atoms with Gasteiger partial charge in [0.15, 0.2) is 17.3 Å². The van der Waals surface area contributed by atoms with Crippen molar-refractivity contribution in [3.63, 3.8) is 0 Å². The number of hydrogen-bond acceptors (Lipinski definition) is 6. The van der Waals surface area contributed by atoms with Crippen LogP contribution in [0.5, 0.6) is 11.5 Å². The molecule has 19 heavy (non-hydrogen) atoms. The van der Waals surface area contributed by atoms with Crippen LogP contribution in [0.2, 0.25) is 0 Å². The molecular formula is C12H14N4O2S. The van der Waals surface area contributed by atoms with Crippen molar-refractivity contribution in [2.24, 2.45) is 0 Å². The van der Waals surface area contributed by atoms with E-state index in [0.717, 1.165) is 40.2 Å². The van der Waals surface area contributed by atoms with Gasteiger partial charge in [0.25, 0.3) is 0 Å². The zero-order valence-corrected chi connectivity index (χ0v) is 11.3. The summed E-state index contributed by atoms with van der Waals surface area (Å²) in [6.07, 6.45) is 0.772. The molecule has 0 amide bonds. The van der Waals surface area contributed by atoms with E-state index >= 15 is 0 Å². The van der Waals surface area contributed by atoms with E-state index in [9.17, 15) is 0 Å². The van der Waals surface area contributed by atoms with Gasteiger partial charge < -0.3 is 15.3 Å². The molecule has 1 aliphatic rings. The molecule has 0 spiro atoms. The second-order valence-corrected chi connectivity index (χ2v) is 5.04. The molecule has 0 bridgehead atoms. The molecule has 2 aromatic rings. The van der Waals surface area contributed by atoms with Crippen LogP contribution < -0.4 is 15.3 Å². The van der Waals surface area contributed by atoms with Crippen molar-refractivity contribution in [1.29, 1.82) is 0 Å². The summed E-state index contributed by atoms with van der Waals surface area (Å²) in [5.74, 6) is 9.03. The van der Waals surface area contributed by atoms with Crippen LogP contribution in [-0.4, -0.2) is 21.7 Å². The second kappa shape index (κ2) is 5.00. The molecule has 0 aliphatic carbocycles. The standard InChI is InChI=1S/C12H14N4O2S/c1-2-11-14-15-12(16(11)13)19-6-8-3-4-9-10(5-8)18-7-17-9/h3-5H,2,6-7,13H2,1H3. The summed E-state index contributed by atoms with van der Waals surface area (Å²) in [5, 5.41) is 8.81. The van der Waals surface area contributed by atoms with Crippen molar-refractivity contribution in [2.45, 2.75) is 24.3 Å². The van der Waals surface area contributed by atoms with E-state index < -0.39 is 0 Å². The van der Waals surface area contributed by atoms with Crippen LogP contribution in [0, 0.1) is 0 Å². The molecule has 0 atom stereocenters. The molecule has 2 heterocycles. The monoisotopic (exact) mass is 278 g/mol. The zero-order valence-electron chi connectivity index (χ0n) is 10.5. The molecule has 100 valence electrons. The number of nitrogen functional groups attached to an aromatic ring is 1. The van der Waals surface area contributed by atoms with Gasteiger partial charge in [0.1, 0.15) is 0 Å². The summed E-state index contributed by atoms with van der Waals surface area (Å²) in [4.78, 5) is 0. The fourth-order valence-corrected chi connectivity index (χ4v) is 2.64. The van der Waals surface area contributed by atoms with Gasteiger partial charge in [0.2, 0.25) is 11.9 Å². The van der Waals surface area contributed by atoms with Gasteiger partial charge in [-0.3, -0.25) is 0 Å². The number of nitrogens with two attached hydrogens (primary N) is 1. The van der Waals surface area contributed by atoms with E-state index in [-0.39, 0.29) is 0 Å². The highest BCUT2D eigenvalue weighted by Crippen LogP contribution is 2.34. The van der Waals surface area contributed by atoms with Gasteiger partial charge >= 0.3 is 0 Å². The number of thioether (sulfide) groups is 1. The first-order chi connectivity index (χ1) is 9.28. The molecule has 1 aromatic heterocycles. The molecule has 0 saturated carbocycles. The molecule has 0 radical (unpaired) electrons. The third-order valence-electron chi connectivity index (χ3n) is 2.86. The highest BCUT2D eigenvalue weighted by Gasteiger charge is 2.14. The van der Waals surface area contributed by atoms with Crippen LogP contribution in [0.15, 0.2) is 23.4 Å². The molecule has 7 heteroatoms. The zero-order chi connectivity index (χ0) is 13.2. The lowest BCUT2D eigenvalue weighted by Crippen LogP contribution is -2.13. The number of rotatable bonds is 4. The SMILES string of the molecule is CCc1nnc(SCc2ccc3c(c2)OCO3)n1N. The fraction of sp³-hybridized carbons (Fsp3) is 0.333. The van der Waals surface area contributed by atoms with Gasteiger partial charge in [-0.25, -0.2) is 4.68 Å². The predicted molar refractivity (Wildman–Crippen MR) is 71.7 cm³/mol. The lowest BCUT2D eigenvalue weighted by molar-refractivity contribution is 0.174. The highest BCUT2D eigenvalue weighted by molar-refractivity contribution is 7.98. The molecule has 0 fully saturated rings. The van der Waals surface area contributed by atoms with Gasteiger partial charge in [-0.05, 0) is 17.7 Å². The number of nitrogens with zero attached hydrogens (tertiary/aromatic N) is 3. The normalized spacial score (nSPS) is 12.9. The van der Waals surface area contributed by atoms with E-state index in [1.807, 2.05) is 25.1 Å². The minimum Gasteiger partial charge on any atom is -0.454 e. The molecular weight excluding hydrogens is 264 g/mol. The minimum absolute atomic E-state index is 0.295. The Balaban J connectivity index is 1.70. The molecule has 1 aliphatic heterocycles. The molecule has 0 saturated heterocycles. The van der Waals surface area contributed by atoms with Crippen molar-refractivity contribution >= 4 is 11.8 Å². The maximum absolute atomic E-state index is 5.89. The number of aromatic nitrogens is 3. The lowest BCUT2D eigenvalue weighted by atomic mass is 10.2. The number of aryl methyl sites for hydroxylation is 1. The largest absolute Gasteiger partial charge is 0.454 e. The van der Waals surface area contributed by atoms with Gasteiger partial charge in [0, 0.05) is 12.2 Å². The lowest BCUT2D eigenvalue weighted by Gasteiger charge is -2.03. The van der Waals surface area contributed by atoms with Gasteiger partial charge in [-0.15, -0.1) is 10.2 Å². The Morgan fingerprint density at radius 1 is 1.32 bits per heavy atom. The topological polar surface area (TPSA) is 75.2 Å². The maximum Gasteiger partial charge on any atom is 0.231 e. The van der Waals surface area contributed by atoms with Gasteiger partial charge in [-0.2, -0.15) is 0 Å². The van der Waals surface area contributed by atoms with Gasteiger partial charge in [0.05, 0.1) is 0 Å². The smallest absolute Gasteiger partial charge is 0.231 e. The van der Waals surface area contributed by atoms with Crippen molar-refractivity contribution in [2.75, 3.05) is 12.6 Å². The molecule has 2 N–H and O–H groups in total. The van der Waals surface area contributed by atoms with Crippen LogP contribution in [0.1, 0.15) is 18.3 Å². The Labute approximate surface area is 114 Å². The van der Waals surface area contributed by atoms with E-state index in [1.54, 1.807) is 11.8 Å². The molecule has 6 nitrogen and oxygen atoms in total. The third-order valence-corrected chi connectivity index (χ3v) is 3.87. The maximum atomic E-state index is 5.89. The van der Waals surface area contributed by atoms with Crippen molar-refractivity contribution in [3.8, 4) is 11.5 Å². The van der Waals surface area contributed by atoms with Gasteiger partial charge in [-0.1, -0.05) is 24.8 Å². The first kappa shape index (κ1) is 12.2. The van der Waals surface area contributed by atoms with Crippen molar-refractivity contribution in [3.05, 3.63) is 29.6 Å². The van der Waals surface area contributed by atoms with E-state index in [0.29, 0.717) is 6.79 Å². The molecule has 3 rings (SSSR count). The summed E-state index contributed by atoms with van der Waals surface area (Å²) in [7, 11) is 0. The Kier molecular flexibility index (Phi) is 3.20. The van der Waals surface area contributed by atoms with Crippen LogP contribution >= 0.6 is 11.8 Å². The number of ether oxygens (including phenoxy) is 2. The Bertz CT molecular complexity index is 599. The van der Waals surface area contributed by atoms with Crippen molar-refractivity contribution in [1.82, 2.24) is 14.9 Å². The fourth-order valence-electron chi connectivity index (χ4n) is 1.83. The van der Waals surface area contributed by atoms with E-state index in [2.05, 4.69) is 10.2 Å². The third kappa shape index (κ3) is 2.33. The summed E-state index contributed by atoms with van der Waals surface area (Å²) in [6.45, 7) is 2.29. The minimum atomic E-state index is 0.295. The average molecular weight is 278 g/mol. The summed E-state index contributed by atoms with van der Waals surface area (Å²) in [6, 6.07) is 5.91. The molecule has 0 unspecified atom stereocenters. The molecule has 1 aromatic carbocycles. The van der Waals surface area contributed by atoms with Crippen LogP contribution in [-0.2, 0) is 12.2 Å². The number of fused-ring (bicyclic) bond motifs is 1. The van der Waals surface area contributed by atoms with E-state index in [4.69, 9.17) is 15.3 Å². The summed E-state index contributed by atoms with van der Waals surface area (Å²) >= 11 is 1.55. The highest BCUT2D eigenvalue weighted by atomic mass is 32.2. The van der Waals surface area contributed by atoms with Crippen molar-refractivity contribution < 1.29 is 9.47 Å². The quantitative estimate of drug-likeness (QED) is 0.676. The number of hydrogen-bond donors (Lipinski definition) is 1. The summed E-state index contributed by atoms with van der Waals surface area (Å²) in [5.41, 5.74) is 1.13. The van der Waals surface area contributed by atoms with Crippen LogP contribution in [0.3, 0.4) is 0 Å². The second-order valence-electron chi connectivity index (χ2n) is 4.10. The Morgan fingerprint density at radius 3 is 2.95 bits per heavy atom. The Hall–Kier alpha value is -1.89. The summed E-state index contributed by atoms with van der Waals surface area (Å²) < 4.78 is 12.2. The first-order valence-corrected chi connectivity index (χ1v) is 6.97. The average Bonchev–Trinajstić information content (AvgIpc) is 3.02. The van der Waals surface area contributed by atoms with E-state index in [1.165, 1.54) is 4.68 Å². The number of benzene rings is 1.